The van der Waals surface area contributed by atoms with Gasteiger partial charge in [0.2, 0.25) is 0 Å². The number of anilines is 1. The third kappa shape index (κ3) is 6.42. The van der Waals surface area contributed by atoms with Crippen LogP contribution in [-0.2, 0) is 4.79 Å². The van der Waals surface area contributed by atoms with E-state index in [2.05, 4.69) is 36.3 Å². The first-order chi connectivity index (χ1) is 16.9. The van der Waals surface area contributed by atoms with Gasteiger partial charge in [-0.3, -0.25) is 14.9 Å². The van der Waals surface area contributed by atoms with Crippen molar-refractivity contribution in [2.75, 3.05) is 25.1 Å². The molecule has 1 aliphatic rings. The Morgan fingerprint density at radius 2 is 1.74 bits per heavy atom. The van der Waals surface area contributed by atoms with E-state index in [9.17, 15) is 9.59 Å². The number of rotatable bonds is 9. The molecule has 2 heterocycles. The van der Waals surface area contributed by atoms with E-state index >= 15 is 0 Å². The van der Waals surface area contributed by atoms with Gasteiger partial charge in [0.15, 0.2) is 11.6 Å². The van der Waals surface area contributed by atoms with Gasteiger partial charge in [0, 0.05) is 13.2 Å². The van der Waals surface area contributed by atoms with E-state index in [1.165, 1.54) is 5.56 Å². The highest BCUT2D eigenvalue weighted by molar-refractivity contribution is 8.18. The predicted octanol–water partition coefficient (Wildman–Crippen LogP) is 5.84. The molecule has 7 nitrogen and oxygen atoms in total. The average Bonchev–Trinajstić information content (AvgIpc) is 3.17. The SMILES string of the molecule is CC(C)c1ccc(Oc2cccnc2N(C)CCOc2ccc(/C=C3\SC(=O)NC3=O)cc2)cc1. The molecule has 2 amide bonds. The molecular weight excluding hydrogens is 462 g/mol. The molecule has 0 unspecified atom stereocenters. The highest BCUT2D eigenvalue weighted by Crippen LogP contribution is 2.30. The number of hydrogen-bond donors (Lipinski definition) is 1. The lowest BCUT2D eigenvalue weighted by Gasteiger charge is -2.21. The molecule has 1 aromatic heterocycles. The van der Waals surface area contributed by atoms with E-state index in [0.717, 1.165) is 28.9 Å². The smallest absolute Gasteiger partial charge is 0.290 e. The van der Waals surface area contributed by atoms with Crippen molar-refractivity contribution >= 4 is 34.8 Å². The number of thioether (sulfide) groups is 1. The van der Waals surface area contributed by atoms with E-state index in [4.69, 9.17) is 9.47 Å². The van der Waals surface area contributed by atoms with E-state index < -0.39 is 0 Å². The molecule has 35 heavy (non-hydrogen) atoms. The number of nitrogens with zero attached hydrogens (tertiary/aromatic N) is 2. The van der Waals surface area contributed by atoms with Crippen molar-refractivity contribution in [2.24, 2.45) is 0 Å². The summed E-state index contributed by atoms with van der Waals surface area (Å²) in [6.07, 6.45) is 3.42. The Hall–Kier alpha value is -3.78. The molecule has 0 radical (unpaired) electrons. The van der Waals surface area contributed by atoms with Gasteiger partial charge in [-0.2, -0.15) is 0 Å². The second kappa shape index (κ2) is 11.1. The maximum absolute atomic E-state index is 11.7. The van der Waals surface area contributed by atoms with Crippen molar-refractivity contribution in [3.05, 3.63) is 82.9 Å². The van der Waals surface area contributed by atoms with E-state index in [1.807, 2.05) is 60.5 Å². The Balaban J connectivity index is 1.33. The summed E-state index contributed by atoms with van der Waals surface area (Å²) >= 11 is 0.899. The monoisotopic (exact) mass is 489 g/mol. The van der Waals surface area contributed by atoms with Gasteiger partial charge in [-0.1, -0.05) is 38.1 Å². The number of nitrogens with one attached hydrogen (secondary N) is 1. The third-order valence-corrected chi connectivity index (χ3v) is 6.21. The van der Waals surface area contributed by atoms with Crippen LogP contribution >= 0.6 is 11.8 Å². The van der Waals surface area contributed by atoms with Crippen LogP contribution in [0.5, 0.6) is 17.2 Å². The summed E-state index contributed by atoms with van der Waals surface area (Å²) in [5, 5.41) is 1.90. The van der Waals surface area contributed by atoms with Gasteiger partial charge in [-0.05, 0) is 71.3 Å². The Kier molecular flexibility index (Phi) is 7.72. The fourth-order valence-corrected chi connectivity index (χ4v) is 4.12. The Morgan fingerprint density at radius 1 is 1.03 bits per heavy atom. The van der Waals surface area contributed by atoms with Crippen LogP contribution in [0.15, 0.2) is 71.8 Å². The largest absolute Gasteiger partial charge is 0.492 e. The highest BCUT2D eigenvalue weighted by atomic mass is 32.2. The minimum atomic E-state index is -0.367. The summed E-state index contributed by atoms with van der Waals surface area (Å²) in [4.78, 5) is 29.8. The molecule has 0 saturated carbocycles. The van der Waals surface area contributed by atoms with Crippen molar-refractivity contribution in [1.82, 2.24) is 10.3 Å². The van der Waals surface area contributed by atoms with Crippen LogP contribution in [0.2, 0.25) is 0 Å². The number of pyridine rings is 1. The summed E-state index contributed by atoms with van der Waals surface area (Å²) in [7, 11) is 1.95. The zero-order valence-corrected chi connectivity index (χ0v) is 20.7. The molecule has 4 rings (SSSR count). The average molecular weight is 490 g/mol. The number of benzene rings is 2. The standard InChI is InChI=1S/C27H27N3O4S/c1-18(2)20-8-12-22(13-9-20)34-23-5-4-14-28-25(23)30(3)15-16-33-21-10-6-19(7-11-21)17-24-26(31)29-27(32)35-24/h4-14,17-18H,15-16H2,1-3H3,(H,29,31,32)/b24-17-. The molecular formula is C27H27N3O4S. The van der Waals surface area contributed by atoms with E-state index in [1.54, 1.807) is 12.3 Å². The van der Waals surface area contributed by atoms with Crippen LogP contribution in [-0.4, -0.2) is 36.3 Å². The van der Waals surface area contributed by atoms with Crippen LogP contribution in [0.3, 0.4) is 0 Å². The molecule has 2 aromatic carbocycles. The second-order valence-electron chi connectivity index (χ2n) is 8.34. The number of likely N-dealkylation sites (N-methyl/N-ethyl adjacent to an activating group) is 1. The van der Waals surface area contributed by atoms with Crippen molar-refractivity contribution < 1.29 is 19.1 Å². The molecule has 180 valence electrons. The van der Waals surface area contributed by atoms with Crippen molar-refractivity contribution in [2.45, 2.75) is 19.8 Å². The maximum atomic E-state index is 11.7. The molecule has 0 atom stereocenters. The molecule has 0 bridgehead atoms. The summed E-state index contributed by atoms with van der Waals surface area (Å²) in [5.41, 5.74) is 2.08. The normalized spacial score (nSPS) is 14.3. The first kappa shape index (κ1) is 24.3. The minimum absolute atomic E-state index is 0.351. The number of hydrogen-bond acceptors (Lipinski definition) is 7. The van der Waals surface area contributed by atoms with Crippen LogP contribution in [0.1, 0.15) is 30.9 Å². The van der Waals surface area contributed by atoms with Gasteiger partial charge >= 0.3 is 0 Å². The van der Waals surface area contributed by atoms with Gasteiger partial charge in [0.05, 0.1) is 11.4 Å². The van der Waals surface area contributed by atoms with Gasteiger partial charge in [0.1, 0.15) is 18.1 Å². The van der Waals surface area contributed by atoms with Crippen molar-refractivity contribution in [1.29, 1.82) is 0 Å². The quantitative estimate of drug-likeness (QED) is 0.378. The van der Waals surface area contributed by atoms with E-state index in [-0.39, 0.29) is 11.1 Å². The highest BCUT2D eigenvalue weighted by Gasteiger charge is 2.24. The number of imide groups is 1. The fraction of sp³-hybridized carbons (Fsp3) is 0.222. The first-order valence-corrected chi connectivity index (χ1v) is 12.1. The minimum Gasteiger partial charge on any atom is -0.492 e. The molecule has 0 aliphatic carbocycles. The molecule has 1 N–H and O–H groups in total. The Labute approximate surface area is 209 Å². The number of amides is 2. The predicted molar refractivity (Wildman–Crippen MR) is 139 cm³/mol. The summed E-state index contributed by atoms with van der Waals surface area (Å²) < 4.78 is 12.0. The summed E-state index contributed by atoms with van der Waals surface area (Å²) in [6.45, 7) is 5.38. The number of carbonyl (C=O) groups excluding carboxylic acids is 2. The number of carbonyl (C=O) groups is 2. The topological polar surface area (TPSA) is 80.8 Å². The molecule has 3 aromatic rings. The lowest BCUT2D eigenvalue weighted by molar-refractivity contribution is -0.115. The molecule has 1 saturated heterocycles. The zero-order chi connectivity index (χ0) is 24.8. The molecule has 8 heteroatoms. The van der Waals surface area contributed by atoms with Gasteiger partial charge in [0.25, 0.3) is 11.1 Å². The molecule has 1 fully saturated rings. The van der Waals surface area contributed by atoms with Crippen molar-refractivity contribution in [3.63, 3.8) is 0 Å². The molecule has 0 spiro atoms. The van der Waals surface area contributed by atoms with Crippen molar-refractivity contribution in [3.8, 4) is 17.2 Å². The third-order valence-electron chi connectivity index (χ3n) is 5.40. The van der Waals surface area contributed by atoms with Crippen LogP contribution in [0.4, 0.5) is 10.6 Å². The van der Waals surface area contributed by atoms with Gasteiger partial charge < -0.3 is 14.4 Å². The lowest BCUT2D eigenvalue weighted by atomic mass is 10.0. The zero-order valence-electron chi connectivity index (χ0n) is 19.9. The Morgan fingerprint density at radius 3 is 2.40 bits per heavy atom. The van der Waals surface area contributed by atoms with Crippen LogP contribution < -0.4 is 19.7 Å². The summed E-state index contributed by atoms with van der Waals surface area (Å²) in [6, 6.07) is 19.2. The number of ether oxygens (including phenoxy) is 2. The second-order valence-corrected chi connectivity index (χ2v) is 9.36. The van der Waals surface area contributed by atoms with Crippen LogP contribution in [0, 0.1) is 0 Å². The van der Waals surface area contributed by atoms with E-state index in [0.29, 0.717) is 35.5 Å². The summed E-state index contributed by atoms with van der Waals surface area (Å²) in [5.74, 6) is 2.98. The van der Waals surface area contributed by atoms with Gasteiger partial charge in [-0.25, -0.2) is 4.98 Å². The fourth-order valence-electron chi connectivity index (χ4n) is 3.44. The van der Waals surface area contributed by atoms with Crippen LogP contribution in [0.25, 0.3) is 6.08 Å². The number of aromatic nitrogens is 1. The molecule has 1 aliphatic heterocycles. The first-order valence-electron chi connectivity index (χ1n) is 11.3. The Bertz CT molecular complexity index is 1220. The lowest BCUT2D eigenvalue weighted by Crippen LogP contribution is -2.25. The maximum Gasteiger partial charge on any atom is 0.290 e. The van der Waals surface area contributed by atoms with Gasteiger partial charge in [-0.15, -0.1) is 0 Å².